The Morgan fingerprint density at radius 2 is 0.800 bits per heavy atom. The Labute approximate surface area is 405 Å². The lowest BCUT2D eigenvalue weighted by molar-refractivity contribution is -0.143. The van der Waals surface area contributed by atoms with E-state index in [1.165, 1.54) is 218 Å². The van der Waals surface area contributed by atoms with Crippen LogP contribution < -0.4 is 5.32 Å². The van der Waals surface area contributed by atoms with Crippen LogP contribution in [-0.4, -0.2) is 47.4 Å². The second-order valence-electron chi connectivity index (χ2n) is 20.0. The maximum absolute atomic E-state index is 12.5. The summed E-state index contributed by atoms with van der Waals surface area (Å²) in [6, 6.07) is -0.553. The van der Waals surface area contributed by atoms with E-state index in [2.05, 4.69) is 43.5 Å². The van der Waals surface area contributed by atoms with Crippen molar-refractivity contribution in [2.75, 3.05) is 13.2 Å². The molecule has 0 aliphatic rings. The topological polar surface area (TPSA) is 95.9 Å². The highest BCUT2D eigenvalue weighted by molar-refractivity contribution is 5.76. The van der Waals surface area contributed by atoms with Crippen LogP contribution in [0.2, 0.25) is 0 Å². The molecule has 0 bridgehead atoms. The van der Waals surface area contributed by atoms with Crippen molar-refractivity contribution in [3.05, 3.63) is 24.3 Å². The summed E-state index contributed by atoms with van der Waals surface area (Å²) in [5.74, 6) is -0.0658. The molecule has 65 heavy (non-hydrogen) atoms. The largest absolute Gasteiger partial charge is 0.466 e. The van der Waals surface area contributed by atoms with Gasteiger partial charge in [-0.15, -0.1) is 0 Å². The average Bonchev–Trinajstić information content (AvgIpc) is 3.31. The first-order chi connectivity index (χ1) is 32.0. The summed E-state index contributed by atoms with van der Waals surface area (Å²) in [5, 5.41) is 23.3. The summed E-state index contributed by atoms with van der Waals surface area (Å²) in [6.45, 7) is 4.87. The Kier molecular flexibility index (Phi) is 53.5. The predicted octanol–water partition coefficient (Wildman–Crippen LogP) is 17.9. The molecule has 0 heterocycles. The Morgan fingerprint density at radius 3 is 1.23 bits per heavy atom. The summed E-state index contributed by atoms with van der Waals surface area (Å²) in [4.78, 5) is 24.5. The molecule has 0 saturated carbocycles. The molecule has 0 aliphatic heterocycles. The van der Waals surface area contributed by atoms with Gasteiger partial charge in [0, 0.05) is 12.8 Å². The number of rotatable bonds is 54. The maximum Gasteiger partial charge on any atom is 0.305 e. The van der Waals surface area contributed by atoms with Crippen molar-refractivity contribution in [1.29, 1.82) is 0 Å². The number of nitrogens with one attached hydrogen (secondary N) is 1. The van der Waals surface area contributed by atoms with Gasteiger partial charge in [-0.3, -0.25) is 9.59 Å². The Balaban J connectivity index is 3.45. The number of unbranched alkanes of at least 4 members (excludes halogenated alkanes) is 39. The second-order valence-corrected chi connectivity index (χ2v) is 20.0. The zero-order valence-electron chi connectivity index (χ0n) is 43.7. The third-order valence-corrected chi connectivity index (χ3v) is 13.5. The fraction of sp³-hybridized carbons (Fsp3) is 0.898. The standard InChI is InChI=1S/C59H113NO5/c1-3-5-7-9-11-13-15-17-18-19-20-21-22-23-24-25-28-31-35-39-43-47-51-57(62)56(55-61)60-58(63)52-48-44-40-36-32-29-26-30-34-38-42-46-50-54-65-59(64)53-49-45-41-37-33-27-16-14-12-10-8-6-4-2/h8,10,14,16,56-57,61-62H,3-7,9,11-13,15,17-55H2,1-2H3,(H,60,63)/b10-8-,16-14-. The van der Waals surface area contributed by atoms with Crippen LogP contribution in [0.25, 0.3) is 0 Å². The summed E-state index contributed by atoms with van der Waals surface area (Å²) < 4.78 is 5.45. The molecular weight excluding hydrogens is 803 g/mol. The minimum Gasteiger partial charge on any atom is -0.466 e. The molecule has 0 saturated heterocycles. The average molecular weight is 917 g/mol. The van der Waals surface area contributed by atoms with Crippen molar-refractivity contribution in [2.45, 2.75) is 328 Å². The Morgan fingerprint density at radius 1 is 0.431 bits per heavy atom. The lowest BCUT2D eigenvalue weighted by Gasteiger charge is -2.22. The maximum atomic E-state index is 12.5. The van der Waals surface area contributed by atoms with Gasteiger partial charge in [0.2, 0.25) is 5.91 Å². The molecular formula is C59H113NO5. The van der Waals surface area contributed by atoms with Crippen molar-refractivity contribution < 1.29 is 24.5 Å². The van der Waals surface area contributed by atoms with Crippen LogP contribution in [0.3, 0.4) is 0 Å². The molecule has 0 radical (unpaired) electrons. The molecule has 2 unspecified atom stereocenters. The molecule has 6 heteroatoms. The zero-order valence-corrected chi connectivity index (χ0v) is 43.7. The second kappa shape index (κ2) is 54.9. The predicted molar refractivity (Wildman–Crippen MR) is 283 cm³/mol. The fourth-order valence-corrected chi connectivity index (χ4v) is 9.03. The van der Waals surface area contributed by atoms with Gasteiger partial charge in [-0.25, -0.2) is 0 Å². The highest BCUT2D eigenvalue weighted by Gasteiger charge is 2.20. The molecule has 0 aromatic rings. The Bertz CT molecular complexity index is 1010. The van der Waals surface area contributed by atoms with E-state index < -0.39 is 12.1 Å². The zero-order chi connectivity index (χ0) is 47.2. The van der Waals surface area contributed by atoms with E-state index in [1.807, 2.05) is 0 Å². The molecule has 3 N–H and O–H groups in total. The van der Waals surface area contributed by atoms with Gasteiger partial charge in [0.05, 0.1) is 25.4 Å². The molecule has 1 amide bonds. The van der Waals surface area contributed by atoms with Crippen molar-refractivity contribution in [3.63, 3.8) is 0 Å². The van der Waals surface area contributed by atoms with Gasteiger partial charge in [0.15, 0.2) is 0 Å². The van der Waals surface area contributed by atoms with Crippen molar-refractivity contribution >= 4 is 11.9 Å². The third kappa shape index (κ3) is 51.6. The molecule has 384 valence electrons. The smallest absolute Gasteiger partial charge is 0.305 e. The number of carbonyl (C=O) groups excluding carboxylic acids is 2. The van der Waals surface area contributed by atoms with Crippen LogP contribution in [-0.2, 0) is 14.3 Å². The van der Waals surface area contributed by atoms with Gasteiger partial charge in [0.25, 0.3) is 0 Å². The first-order valence-corrected chi connectivity index (χ1v) is 29.1. The normalized spacial score (nSPS) is 12.7. The highest BCUT2D eigenvalue weighted by atomic mass is 16.5. The molecule has 6 nitrogen and oxygen atoms in total. The van der Waals surface area contributed by atoms with Gasteiger partial charge < -0.3 is 20.3 Å². The van der Waals surface area contributed by atoms with Gasteiger partial charge >= 0.3 is 5.97 Å². The van der Waals surface area contributed by atoms with Crippen molar-refractivity contribution in [2.24, 2.45) is 0 Å². The number of hydrogen-bond acceptors (Lipinski definition) is 5. The van der Waals surface area contributed by atoms with E-state index in [9.17, 15) is 19.8 Å². The molecule has 0 spiro atoms. The summed E-state index contributed by atoms with van der Waals surface area (Å²) >= 11 is 0. The molecule has 0 rings (SSSR count). The number of allylic oxidation sites excluding steroid dienone is 4. The SMILES string of the molecule is CCC/C=C\C/C=C\CCCCCCCC(=O)OCCCCCCCCCCCCCCCC(=O)NC(CO)C(O)CCCCCCCCCCCCCCCCCCCCCCCC. The van der Waals surface area contributed by atoms with E-state index in [-0.39, 0.29) is 18.5 Å². The third-order valence-electron chi connectivity index (χ3n) is 13.5. The minimum absolute atomic E-state index is 0.0200. The number of aliphatic hydroxyl groups is 2. The first kappa shape index (κ1) is 63.3. The number of amides is 1. The molecule has 0 fully saturated rings. The van der Waals surface area contributed by atoms with Gasteiger partial charge in [-0.05, 0) is 51.4 Å². The van der Waals surface area contributed by atoms with E-state index in [0.29, 0.717) is 25.9 Å². The number of carbonyl (C=O) groups is 2. The quantitative estimate of drug-likeness (QED) is 0.0321. The highest BCUT2D eigenvalue weighted by Crippen LogP contribution is 2.18. The van der Waals surface area contributed by atoms with Gasteiger partial charge in [0.1, 0.15) is 0 Å². The van der Waals surface area contributed by atoms with Crippen LogP contribution in [0.15, 0.2) is 24.3 Å². The Hall–Kier alpha value is -1.66. The molecule has 0 aliphatic carbocycles. The fourth-order valence-electron chi connectivity index (χ4n) is 9.03. The van der Waals surface area contributed by atoms with E-state index in [0.717, 1.165) is 64.2 Å². The summed E-state index contributed by atoms with van der Waals surface area (Å²) in [7, 11) is 0. The van der Waals surface area contributed by atoms with Crippen molar-refractivity contribution in [1.82, 2.24) is 5.32 Å². The molecule has 0 aromatic carbocycles. The van der Waals surface area contributed by atoms with Crippen LogP contribution in [0.1, 0.15) is 316 Å². The summed E-state index contributed by atoms with van der Waals surface area (Å²) in [6.07, 6.45) is 65.9. The van der Waals surface area contributed by atoms with Gasteiger partial charge in [-0.2, -0.15) is 0 Å². The molecule has 2 atom stereocenters. The van der Waals surface area contributed by atoms with E-state index in [4.69, 9.17) is 4.74 Å². The number of aliphatic hydroxyl groups excluding tert-OH is 2. The molecule has 0 aromatic heterocycles. The van der Waals surface area contributed by atoms with Crippen LogP contribution >= 0.6 is 0 Å². The van der Waals surface area contributed by atoms with Crippen LogP contribution in [0, 0.1) is 0 Å². The van der Waals surface area contributed by atoms with E-state index >= 15 is 0 Å². The number of esters is 1. The minimum atomic E-state index is -0.674. The van der Waals surface area contributed by atoms with Crippen LogP contribution in [0.5, 0.6) is 0 Å². The first-order valence-electron chi connectivity index (χ1n) is 29.1. The number of ether oxygens (including phenoxy) is 1. The van der Waals surface area contributed by atoms with Crippen molar-refractivity contribution in [3.8, 4) is 0 Å². The van der Waals surface area contributed by atoms with Crippen LogP contribution in [0.4, 0.5) is 0 Å². The number of hydrogen-bond donors (Lipinski definition) is 3. The van der Waals surface area contributed by atoms with E-state index in [1.54, 1.807) is 0 Å². The lowest BCUT2D eigenvalue weighted by Crippen LogP contribution is -2.45. The summed E-state index contributed by atoms with van der Waals surface area (Å²) in [5.41, 5.74) is 0. The monoisotopic (exact) mass is 916 g/mol. The van der Waals surface area contributed by atoms with Gasteiger partial charge in [-0.1, -0.05) is 276 Å². The lowest BCUT2D eigenvalue weighted by atomic mass is 10.0.